The monoisotopic (exact) mass is 528 g/mol. The molecule has 1 N–H and O–H groups in total. The fraction of sp³-hybridized carbons (Fsp3) is 0.429. The Morgan fingerprint density at radius 2 is 1.97 bits per heavy atom. The van der Waals surface area contributed by atoms with Gasteiger partial charge in [-0.2, -0.15) is 5.10 Å². The molecule has 2 aliphatic rings. The van der Waals surface area contributed by atoms with E-state index in [1.165, 1.54) is 30.2 Å². The quantitative estimate of drug-likeness (QED) is 0.272. The first-order valence-electron chi connectivity index (χ1n) is 13.6. The van der Waals surface area contributed by atoms with Crippen LogP contribution in [0, 0.1) is 10.1 Å². The minimum Gasteiger partial charge on any atom is -0.390 e. The number of amides is 1. The number of nitrogens with one attached hydrogen (secondary N) is 1. The van der Waals surface area contributed by atoms with E-state index in [1.807, 2.05) is 23.1 Å². The first-order chi connectivity index (χ1) is 19.0. The molecular formula is C28H32N8O3. The molecule has 202 valence electrons. The largest absolute Gasteiger partial charge is 0.453 e. The molecule has 1 atom stereocenters. The zero-order chi connectivity index (χ0) is 26.9. The van der Waals surface area contributed by atoms with Gasteiger partial charge in [0.25, 0.3) is 5.82 Å². The summed E-state index contributed by atoms with van der Waals surface area (Å²) in [5.74, 6) is -0.448. The van der Waals surface area contributed by atoms with Crippen LogP contribution < -0.4 is 4.90 Å². The van der Waals surface area contributed by atoms with Crippen molar-refractivity contribution in [3.63, 3.8) is 0 Å². The highest BCUT2D eigenvalue weighted by Gasteiger charge is 2.33. The van der Waals surface area contributed by atoms with Crippen LogP contribution in [-0.4, -0.2) is 66.4 Å². The van der Waals surface area contributed by atoms with E-state index in [-0.39, 0.29) is 24.2 Å². The van der Waals surface area contributed by atoms with Crippen molar-refractivity contribution < 1.29 is 9.72 Å². The number of anilines is 1. The van der Waals surface area contributed by atoms with Crippen LogP contribution in [0.3, 0.4) is 0 Å². The fourth-order valence-electron chi connectivity index (χ4n) is 5.72. The van der Waals surface area contributed by atoms with Crippen LogP contribution in [0.5, 0.6) is 0 Å². The highest BCUT2D eigenvalue weighted by molar-refractivity contribution is 5.86. The van der Waals surface area contributed by atoms with E-state index >= 15 is 0 Å². The van der Waals surface area contributed by atoms with Gasteiger partial charge in [0.2, 0.25) is 5.91 Å². The summed E-state index contributed by atoms with van der Waals surface area (Å²) >= 11 is 0. The molecule has 1 saturated carbocycles. The van der Waals surface area contributed by atoms with Crippen LogP contribution in [0.1, 0.15) is 49.3 Å². The fourth-order valence-corrected chi connectivity index (χ4v) is 5.72. The van der Waals surface area contributed by atoms with Crippen LogP contribution in [0.4, 0.5) is 11.6 Å². The molecule has 1 aliphatic heterocycles. The third-order valence-corrected chi connectivity index (χ3v) is 8.01. The number of nitrogens with zero attached hydrogens (tertiary/aromatic N) is 7. The third-order valence-electron chi connectivity index (χ3n) is 8.01. The number of benzene rings is 2. The van der Waals surface area contributed by atoms with Gasteiger partial charge < -0.3 is 19.9 Å². The second kappa shape index (κ2) is 10.5. The number of rotatable bonds is 8. The lowest BCUT2D eigenvalue weighted by Gasteiger charge is -2.42. The molecule has 2 fully saturated rings. The molecule has 0 spiro atoms. The first kappa shape index (κ1) is 25.0. The first-order valence-corrected chi connectivity index (χ1v) is 13.6. The van der Waals surface area contributed by atoms with Crippen molar-refractivity contribution in [3.8, 4) is 0 Å². The van der Waals surface area contributed by atoms with Gasteiger partial charge in [0.1, 0.15) is 6.42 Å². The number of carbonyl (C=O) groups is 1. The molecule has 1 aliphatic carbocycles. The Labute approximate surface area is 226 Å². The molecule has 2 aromatic heterocycles. The van der Waals surface area contributed by atoms with Crippen LogP contribution >= 0.6 is 0 Å². The van der Waals surface area contributed by atoms with E-state index in [1.54, 1.807) is 0 Å². The average Bonchev–Trinajstić information content (AvgIpc) is 3.53. The number of H-pyrrole nitrogens is 1. The van der Waals surface area contributed by atoms with Crippen molar-refractivity contribution in [3.05, 3.63) is 75.7 Å². The van der Waals surface area contributed by atoms with Gasteiger partial charge in [-0.05, 0) is 65.8 Å². The van der Waals surface area contributed by atoms with Gasteiger partial charge in [0, 0.05) is 30.7 Å². The predicted octanol–water partition coefficient (Wildman–Crippen LogP) is 3.85. The second-order valence-corrected chi connectivity index (χ2v) is 10.4. The lowest BCUT2D eigenvalue weighted by molar-refractivity contribution is -0.394. The molecule has 39 heavy (non-hydrogen) atoms. The van der Waals surface area contributed by atoms with Crippen LogP contribution in [-0.2, 0) is 24.1 Å². The van der Waals surface area contributed by atoms with Gasteiger partial charge in [-0.1, -0.05) is 42.4 Å². The topological polar surface area (TPSA) is 126 Å². The van der Waals surface area contributed by atoms with Gasteiger partial charge in [-0.3, -0.25) is 9.48 Å². The molecule has 6 rings (SSSR count). The van der Waals surface area contributed by atoms with Crippen molar-refractivity contribution in [1.29, 1.82) is 0 Å². The third kappa shape index (κ3) is 4.96. The summed E-state index contributed by atoms with van der Waals surface area (Å²) in [7, 11) is 0. The predicted molar refractivity (Wildman–Crippen MR) is 147 cm³/mol. The van der Waals surface area contributed by atoms with E-state index in [2.05, 4.69) is 62.0 Å². The normalized spacial score (nSPS) is 17.9. The van der Waals surface area contributed by atoms with E-state index in [4.69, 9.17) is 5.10 Å². The summed E-state index contributed by atoms with van der Waals surface area (Å²) in [6, 6.07) is 17.2. The Balaban J connectivity index is 1.26. The molecule has 11 heteroatoms. The molecular weight excluding hydrogens is 496 g/mol. The SMILES string of the molecule is CCc1nn(C2CCC2)c2cc(N3CCN(C(=O)Cc4n[nH]c([N+](=O)[O-])n4)C(Cc4ccccc4)C3)ccc12. The minimum atomic E-state index is -0.644. The molecule has 2 aromatic carbocycles. The Hall–Kier alpha value is -4.28. The summed E-state index contributed by atoms with van der Waals surface area (Å²) in [6.45, 7) is 4.07. The Morgan fingerprint density at radius 3 is 2.67 bits per heavy atom. The number of aromatic nitrogens is 5. The lowest BCUT2D eigenvalue weighted by atomic mass is 9.93. The maximum atomic E-state index is 13.4. The van der Waals surface area contributed by atoms with Gasteiger partial charge in [0.15, 0.2) is 0 Å². The number of carbonyl (C=O) groups excluding carboxylic acids is 1. The maximum Gasteiger partial charge on any atom is 0.453 e. The molecule has 3 heterocycles. The number of aryl methyl sites for hydroxylation is 1. The number of piperazine rings is 1. The van der Waals surface area contributed by atoms with Crippen molar-refractivity contribution in [2.75, 3.05) is 24.5 Å². The standard InChI is InChI=1S/C28H32N8O3/c1-2-24-23-12-11-21(16-25(23)35(32-24)20-9-6-10-20)33-13-14-34(22(18-33)15-19-7-4-3-5-8-19)27(37)17-26-29-28(31-30-26)36(38)39/h3-5,7-8,11-12,16,20,22H,2,6,9-10,13-15,17-18H2,1H3,(H,29,30,31). The molecule has 1 unspecified atom stereocenters. The van der Waals surface area contributed by atoms with Gasteiger partial charge in [0.05, 0.1) is 23.3 Å². The zero-order valence-electron chi connectivity index (χ0n) is 22.0. The number of nitro groups is 1. The van der Waals surface area contributed by atoms with E-state index in [9.17, 15) is 14.9 Å². The summed E-state index contributed by atoms with van der Waals surface area (Å²) < 4.78 is 2.23. The highest BCUT2D eigenvalue weighted by Crippen LogP contribution is 2.36. The summed E-state index contributed by atoms with van der Waals surface area (Å²) in [5.41, 5.74) is 4.63. The highest BCUT2D eigenvalue weighted by atomic mass is 16.6. The number of hydrogen-bond acceptors (Lipinski definition) is 7. The minimum absolute atomic E-state index is 0.0685. The van der Waals surface area contributed by atoms with Crippen molar-refractivity contribution >= 4 is 28.4 Å². The molecule has 1 saturated heterocycles. The smallest absolute Gasteiger partial charge is 0.390 e. The molecule has 11 nitrogen and oxygen atoms in total. The van der Waals surface area contributed by atoms with Crippen LogP contribution in [0.2, 0.25) is 0 Å². The van der Waals surface area contributed by atoms with E-state index in [0.717, 1.165) is 23.4 Å². The Bertz CT molecular complexity index is 1490. The van der Waals surface area contributed by atoms with Crippen molar-refractivity contribution in [1.82, 2.24) is 29.9 Å². The maximum absolute atomic E-state index is 13.4. The molecule has 4 aromatic rings. The lowest BCUT2D eigenvalue weighted by Crippen LogP contribution is -2.56. The van der Waals surface area contributed by atoms with Crippen LogP contribution in [0.15, 0.2) is 48.5 Å². The Kier molecular flexibility index (Phi) is 6.72. The number of fused-ring (bicyclic) bond motifs is 1. The molecule has 1 amide bonds. The van der Waals surface area contributed by atoms with Gasteiger partial charge >= 0.3 is 5.95 Å². The molecule has 0 bridgehead atoms. The Morgan fingerprint density at radius 1 is 1.15 bits per heavy atom. The van der Waals surface area contributed by atoms with E-state index < -0.39 is 10.9 Å². The summed E-state index contributed by atoms with van der Waals surface area (Å²) in [6.07, 6.45) is 5.15. The summed E-state index contributed by atoms with van der Waals surface area (Å²) in [4.78, 5) is 31.8. The van der Waals surface area contributed by atoms with E-state index in [0.29, 0.717) is 32.1 Å². The van der Waals surface area contributed by atoms with Crippen molar-refractivity contribution in [2.24, 2.45) is 0 Å². The average molecular weight is 529 g/mol. The van der Waals surface area contributed by atoms with Gasteiger partial charge in [-0.15, -0.1) is 5.10 Å². The zero-order valence-corrected chi connectivity index (χ0v) is 22.0. The van der Waals surface area contributed by atoms with Gasteiger partial charge in [-0.25, -0.2) is 0 Å². The number of hydrogen-bond donors (Lipinski definition) is 1. The van der Waals surface area contributed by atoms with Crippen LogP contribution in [0.25, 0.3) is 10.9 Å². The second-order valence-electron chi connectivity index (χ2n) is 10.4. The summed E-state index contributed by atoms with van der Waals surface area (Å²) in [5, 5.41) is 23.3. The molecule has 0 radical (unpaired) electrons. The van der Waals surface area contributed by atoms with Crippen molar-refractivity contribution in [2.45, 2.75) is 57.5 Å². The number of aromatic amines is 1.